The normalized spacial score (nSPS) is 16.7. The van der Waals surface area contributed by atoms with E-state index in [0.29, 0.717) is 12.1 Å². The van der Waals surface area contributed by atoms with Gasteiger partial charge in [0.15, 0.2) is 0 Å². The van der Waals surface area contributed by atoms with E-state index >= 15 is 0 Å². The Morgan fingerprint density at radius 2 is 1.33 bits per heavy atom. The van der Waals surface area contributed by atoms with Crippen LogP contribution in [0.25, 0.3) is 0 Å². The average Bonchev–Trinajstić information content (AvgIpc) is 2.00. The molecule has 1 nitrogen and oxygen atoms in total. The third-order valence-electron chi connectivity index (χ3n) is 1.53. The first kappa shape index (κ1) is 11.9. The van der Waals surface area contributed by atoms with Crippen LogP contribution in [-0.2, 0) is 0 Å². The Morgan fingerprint density at radius 3 is 1.60 bits per heavy atom. The van der Waals surface area contributed by atoms with Crippen LogP contribution in [0.4, 0.5) is 23.8 Å². The van der Waals surface area contributed by atoms with Gasteiger partial charge in [-0.2, -0.15) is 4.39 Å². The SMILES string of the molecule is O=C(F)c1ccc(S(F)(F)(F)(F)F)cc1. The third kappa shape index (κ3) is 2.88. The van der Waals surface area contributed by atoms with Crippen molar-refractivity contribution in [1.82, 2.24) is 0 Å². The number of carbonyl (C=O) groups excluding carboxylic acids is 1. The summed E-state index contributed by atoms with van der Waals surface area (Å²) in [5.41, 5.74) is -0.708. The van der Waals surface area contributed by atoms with Crippen LogP contribution in [0.1, 0.15) is 10.4 Å². The maximum Gasteiger partial charge on any atom is 0.332 e. The number of hydrogen-bond donors (Lipinski definition) is 0. The molecule has 0 aliphatic heterocycles. The van der Waals surface area contributed by atoms with E-state index in [2.05, 4.69) is 0 Å². The lowest BCUT2D eigenvalue weighted by atomic mass is 10.2. The van der Waals surface area contributed by atoms with E-state index < -0.39 is 26.7 Å². The minimum Gasteiger partial charge on any atom is -0.255 e. The van der Waals surface area contributed by atoms with Gasteiger partial charge in [0.1, 0.15) is 4.90 Å². The summed E-state index contributed by atoms with van der Waals surface area (Å²) in [6.45, 7) is 0. The molecule has 0 saturated heterocycles. The standard InChI is InChI=1S/C7H4F6OS/c8-7(14)5-1-3-6(4-2-5)15(9,10,11,12)13/h1-4H. The fraction of sp³-hybridized carbons (Fsp3) is 0. The van der Waals surface area contributed by atoms with Crippen LogP contribution >= 0.6 is 10.2 Å². The van der Waals surface area contributed by atoms with E-state index in [9.17, 15) is 28.6 Å². The predicted molar refractivity (Wildman–Crippen MR) is 43.3 cm³/mol. The zero-order valence-electron chi connectivity index (χ0n) is 6.89. The van der Waals surface area contributed by atoms with E-state index in [4.69, 9.17) is 0 Å². The Kier molecular flexibility index (Phi) is 1.97. The first-order valence-electron chi connectivity index (χ1n) is 3.44. The molecule has 0 spiro atoms. The smallest absolute Gasteiger partial charge is 0.255 e. The molecule has 15 heavy (non-hydrogen) atoms. The zero-order chi connectivity index (χ0) is 12.0. The molecule has 8 heteroatoms. The second-order valence-corrected chi connectivity index (χ2v) is 5.18. The monoisotopic (exact) mass is 250 g/mol. The van der Waals surface area contributed by atoms with Gasteiger partial charge >= 0.3 is 16.3 Å². The summed E-state index contributed by atoms with van der Waals surface area (Å²) in [6.07, 6.45) is 0. The maximum atomic E-state index is 12.1. The molecule has 0 aliphatic carbocycles. The van der Waals surface area contributed by atoms with Crippen molar-refractivity contribution >= 4 is 16.3 Å². The molecule has 0 N–H and O–H groups in total. The molecule has 86 valence electrons. The van der Waals surface area contributed by atoms with Crippen LogP contribution in [0.5, 0.6) is 0 Å². The molecular weight excluding hydrogens is 246 g/mol. The zero-order valence-corrected chi connectivity index (χ0v) is 7.71. The topological polar surface area (TPSA) is 17.1 Å². The lowest BCUT2D eigenvalue weighted by Crippen LogP contribution is -2.06. The summed E-state index contributed by atoms with van der Waals surface area (Å²) in [5.74, 6) is 0. The minimum atomic E-state index is -9.72. The molecule has 1 aromatic rings. The first-order valence-corrected chi connectivity index (χ1v) is 5.39. The first-order chi connectivity index (χ1) is 6.40. The molecule has 0 amide bonds. The van der Waals surface area contributed by atoms with Gasteiger partial charge in [0.25, 0.3) is 0 Å². The lowest BCUT2D eigenvalue weighted by molar-refractivity contribution is 0.0835. The van der Waals surface area contributed by atoms with Crippen molar-refractivity contribution in [3.63, 3.8) is 0 Å². The molecule has 0 saturated carbocycles. The van der Waals surface area contributed by atoms with Gasteiger partial charge in [0.05, 0.1) is 5.56 Å². The van der Waals surface area contributed by atoms with Crippen LogP contribution in [0.3, 0.4) is 0 Å². The molecule has 1 aromatic carbocycles. The van der Waals surface area contributed by atoms with E-state index in [1.165, 1.54) is 0 Å². The van der Waals surface area contributed by atoms with E-state index in [1.807, 2.05) is 0 Å². The molecular formula is C7H4F6OS. The molecule has 0 heterocycles. The fourth-order valence-electron chi connectivity index (χ4n) is 0.843. The highest BCUT2D eigenvalue weighted by atomic mass is 32.5. The second kappa shape index (κ2) is 2.49. The molecule has 0 bridgehead atoms. The van der Waals surface area contributed by atoms with Gasteiger partial charge < -0.3 is 0 Å². The Labute approximate surface area is 80.4 Å². The van der Waals surface area contributed by atoms with Crippen molar-refractivity contribution in [3.8, 4) is 0 Å². The molecule has 0 atom stereocenters. The summed E-state index contributed by atoms with van der Waals surface area (Å²) >= 11 is 0. The Bertz CT molecular complexity index is 404. The number of halogens is 6. The van der Waals surface area contributed by atoms with Crippen molar-refractivity contribution in [2.45, 2.75) is 4.90 Å². The third-order valence-corrected chi connectivity index (χ3v) is 2.69. The number of rotatable bonds is 2. The number of benzene rings is 1. The highest BCUT2D eigenvalue weighted by Crippen LogP contribution is 3.02. The molecule has 1 rings (SSSR count). The van der Waals surface area contributed by atoms with E-state index in [1.54, 1.807) is 0 Å². The summed E-state index contributed by atoms with van der Waals surface area (Å²) in [5, 5.41) is 0. The van der Waals surface area contributed by atoms with Crippen LogP contribution in [-0.4, -0.2) is 6.04 Å². The van der Waals surface area contributed by atoms with Crippen LogP contribution in [0.2, 0.25) is 0 Å². The highest BCUT2D eigenvalue weighted by Gasteiger charge is 2.65. The molecule has 0 radical (unpaired) electrons. The summed E-state index contributed by atoms with van der Waals surface area (Å²) in [6, 6.07) is -1.31. The summed E-state index contributed by atoms with van der Waals surface area (Å²) < 4.78 is 72.5. The molecule has 0 fully saturated rings. The molecule has 0 aromatic heterocycles. The van der Waals surface area contributed by atoms with E-state index in [0.717, 1.165) is 0 Å². The van der Waals surface area contributed by atoms with Crippen LogP contribution < -0.4 is 0 Å². The minimum absolute atomic E-state index is 0.0195. The van der Waals surface area contributed by atoms with Crippen molar-refractivity contribution in [2.24, 2.45) is 0 Å². The van der Waals surface area contributed by atoms with Gasteiger partial charge in [-0.3, -0.25) is 4.79 Å². The largest absolute Gasteiger partial charge is 0.332 e. The van der Waals surface area contributed by atoms with Crippen molar-refractivity contribution in [1.29, 1.82) is 0 Å². The maximum absolute atomic E-state index is 12.1. The second-order valence-electron chi connectivity index (χ2n) is 2.77. The van der Waals surface area contributed by atoms with Crippen molar-refractivity contribution < 1.29 is 28.6 Å². The Balaban J connectivity index is 3.29. The quantitative estimate of drug-likeness (QED) is 0.559. The summed E-state index contributed by atoms with van der Waals surface area (Å²) in [4.78, 5) is 7.89. The summed E-state index contributed by atoms with van der Waals surface area (Å²) in [7, 11) is -9.72. The van der Waals surface area contributed by atoms with Gasteiger partial charge in [0, 0.05) is 0 Å². The predicted octanol–water partition coefficient (Wildman–Crippen LogP) is 4.45. The fourth-order valence-corrected chi connectivity index (χ4v) is 1.49. The van der Waals surface area contributed by atoms with Crippen LogP contribution in [0.15, 0.2) is 29.2 Å². The average molecular weight is 250 g/mol. The van der Waals surface area contributed by atoms with Gasteiger partial charge in [-0.25, -0.2) is 0 Å². The lowest BCUT2D eigenvalue weighted by Gasteiger charge is -2.40. The van der Waals surface area contributed by atoms with Crippen molar-refractivity contribution in [2.75, 3.05) is 0 Å². The van der Waals surface area contributed by atoms with Gasteiger partial charge in [0.2, 0.25) is 0 Å². The van der Waals surface area contributed by atoms with Gasteiger partial charge in [-0.05, 0) is 24.3 Å². The Hall–Kier alpha value is -1.18. The number of carbonyl (C=O) groups is 1. The van der Waals surface area contributed by atoms with Crippen LogP contribution in [0, 0.1) is 0 Å². The highest BCUT2D eigenvalue weighted by molar-refractivity contribution is 8.45. The van der Waals surface area contributed by atoms with Gasteiger partial charge in [-0.15, -0.1) is 0 Å². The Morgan fingerprint density at radius 1 is 0.933 bits per heavy atom. The van der Waals surface area contributed by atoms with E-state index in [-0.39, 0.29) is 12.1 Å². The number of hydrogen-bond acceptors (Lipinski definition) is 1. The molecule has 0 unspecified atom stereocenters. The van der Waals surface area contributed by atoms with Gasteiger partial charge in [-0.1, -0.05) is 19.4 Å². The molecule has 0 aliphatic rings. The van der Waals surface area contributed by atoms with Crippen molar-refractivity contribution in [3.05, 3.63) is 29.8 Å².